The molecule has 15 heteroatoms. The third-order valence-corrected chi connectivity index (χ3v) is 13.7. The average molecular weight is 794 g/mol. The first-order chi connectivity index (χ1) is 26.6. The molecule has 6 rings (SSSR count). The first-order valence-corrected chi connectivity index (χ1v) is 21.6. The quantitative estimate of drug-likeness (QED) is 0.285. The second kappa shape index (κ2) is 16.8. The summed E-state index contributed by atoms with van der Waals surface area (Å²) in [7, 11) is -0.295. The monoisotopic (exact) mass is 793 g/mol. The second-order valence-electron chi connectivity index (χ2n) is 16.6. The number of nitrogens with one attached hydrogen (secondary N) is 3. The number of hydrogen-bond donors (Lipinski definition) is 3. The van der Waals surface area contributed by atoms with E-state index in [1.807, 2.05) is 32.9 Å². The number of methoxy groups -OCH3 is 1. The zero-order valence-electron chi connectivity index (χ0n) is 34.1. The van der Waals surface area contributed by atoms with Crippen LogP contribution < -0.4 is 21.0 Å². The van der Waals surface area contributed by atoms with Crippen LogP contribution in [0.25, 0.3) is 22.2 Å². The van der Waals surface area contributed by atoms with Crippen LogP contribution in [0.15, 0.2) is 36.5 Å². The van der Waals surface area contributed by atoms with Crippen LogP contribution in [0.3, 0.4) is 0 Å². The third-order valence-electron chi connectivity index (χ3n) is 11.6. The molecule has 3 aliphatic heterocycles. The Balaban J connectivity index is 1.50. The summed E-state index contributed by atoms with van der Waals surface area (Å²) in [5.74, 6) is -1.54. The van der Waals surface area contributed by atoms with Gasteiger partial charge >= 0.3 is 5.97 Å². The number of esters is 1. The summed E-state index contributed by atoms with van der Waals surface area (Å²) >= 11 is 0. The molecule has 0 saturated carbocycles. The van der Waals surface area contributed by atoms with E-state index in [-0.39, 0.29) is 43.9 Å². The lowest BCUT2D eigenvalue weighted by atomic mass is 9.84. The molecule has 5 atom stereocenters. The van der Waals surface area contributed by atoms with Crippen molar-refractivity contribution in [1.82, 2.24) is 30.6 Å². The molecule has 306 valence electrons. The highest BCUT2D eigenvalue weighted by atomic mass is 32.2. The lowest BCUT2D eigenvalue weighted by Crippen LogP contribution is -2.62. The van der Waals surface area contributed by atoms with Crippen molar-refractivity contribution in [2.24, 2.45) is 11.3 Å². The van der Waals surface area contributed by atoms with Gasteiger partial charge in [0.05, 0.1) is 41.1 Å². The number of hydrazine groups is 1. The van der Waals surface area contributed by atoms with Gasteiger partial charge in [-0.1, -0.05) is 27.7 Å². The van der Waals surface area contributed by atoms with Crippen LogP contribution in [0.5, 0.6) is 0 Å². The number of fused-ring (bicyclic) bond motifs is 6. The van der Waals surface area contributed by atoms with Gasteiger partial charge in [0.15, 0.2) is 9.84 Å². The zero-order valence-corrected chi connectivity index (χ0v) is 34.9. The fraction of sp³-hybridized carbons (Fsp3) is 0.610. The van der Waals surface area contributed by atoms with Gasteiger partial charge in [0.1, 0.15) is 12.1 Å². The Hall–Kier alpha value is -4.05. The maximum absolute atomic E-state index is 14.3. The standard InChI is InChI=1S/C41H59N7O7S/c1-9-47-34-15-14-27-20-30(34)31(37(47)29-12-10-16-43-36(29)26(4)54-8)22-41(5,6)24-55-40(51)32-13-11-17-48(45-32)39(50)33(44-38(49)35(42-7)25(2)3)21-28-23-46(27)18-19-56(28,52)53/h10,12,14-16,20,25-26,28,32-33,35,42,45H,9,11,13,17-19,21-24H2,1-8H3,(H,44,49)/t26-,28?,32-,33?,35-/m0/s1. The van der Waals surface area contributed by atoms with Crippen molar-refractivity contribution in [2.75, 3.05) is 51.1 Å². The number of nitrogens with zero attached hydrogens (tertiary/aromatic N) is 4. The number of benzene rings is 1. The van der Waals surface area contributed by atoms with E-state index in [4.69, 9.17) is 14.5 Å². The Bertz CT molecular complexity index is 2050. The lowest BCUT2D eigenvalue weighted by Gasteiger charge is -2.38. The number of sulfone groups is 1. The van der Waals surface area contributed by atoms with Gasteiger partial charge < -0.3 is 29.6 Å². The van der Waals surface area contributed by atoms with Gasteiger partial charge in [0, 0.05) is 67.1 Å². The van der Waals surface area contributed by atoms with Gasteiger partial charge in [0.25, 0.3) is 5.91 Å². The minimum absolute atomic E-state index is 0.0873. The number of amides is 2. The Morgan fingerprint density at radius 2 is 1.93 bits per heavy atom. The molecular weight excluding hydrogens is 735 g/mol. The van der Waals surface area contributed by atoms with E-state index in [1.54, 1.807) is 20.4 Å². The van der Waals surface area contributed by atoms with Crippen LogP contribution in [0.2, 0.25) is 0 Å². The molecule has 2 amide bonds. The molecule has 2 saturated heterocycles. The largest absolute Gasteiger partial charge is 0.464 e. The molecule has 14 nitrogen and oxygen atoms in total. The van der Waals surface area contributed by atoms with Crippen LogP contribution in [0.1, 0.15) is 78.2 Å². The van der Waals surface area contributed by atoms with Crippen molar-refractivity contribution in [3.8, 4) is 11.3 Å². The third kappa shape index (κ3) is 8.46. The number of likely N-dealkylation sites (N-methyl/N-ethyl adjacent to an activating group) is 1. The molecule has 2 unspecified atom stereocenters. The molecule has 0 radical (unpaired) electrons. The number of pyridine rings is 1. The summed E-state index contributed by atoms with van der Waals surface area (Å²) in [6.45, 7) is 13.6. The van der Waals surface area contributed by atoms with Crippen LogP contribution >= 0.6 is 0 Å². The molecule has 0 spiro atoms. The Morgan fingerprint density at radius 1 is 1.16 bits per heavy atom. The van der Waals surface area contributed by atoms with Crippen LogP contribution in [0, 0.1) is 11.3 Å². The maximum atomic E-state index is 14.3. The number of aromatic nitrogens is 2. The summed E-state index contributed by atoms with van der Waals surface area (Å²) in [6, 6.07) is 7.73. The summed E-state index contributed by atoms with van der Waals surface area (Å²) in [5.41, 5.74) is 8.31. The van der Waals surface area contributed by atoms with E-state index >= 15 is 0 Å². The first kappa shape index (κ1) is 41.6. The van der Waals surface area contributed by atoms with Crippen molar-refractivity contribution < 1.29 is 32.3 Å². The fourth-order valence-corrected chi connectivity index (χ4v) is 10.2. The summed E-state index contributed by atoms with van der Waals surface area (Å²) in [5, 5.41) is 7.36. The van der Waals surface area contributed by atoms with Crippen LogP contribution in [-0.2, 0) is 46.7 Å². The predicted octanol–water partition coefficient (Wildman–Crippen LogP) is 3.77. The molecule has 1 aromatic carbocycles. The van der Waals surface area contributed by atoms with Crippen LogP contribution in [-0.4, -0.2) is 110 Å². The van der Waals surface area contributed by atoms with Gasteiger partial charge in [-0.25, -0.2) is 13.8 Å². The van der Waals surface area contributed by atoms with Crippen molar-refractivity contribution >= 4 is 44.2 Å². The molecule has 5 heterocycles. The predicted molar refractivity (Wildman–Crippen MR) is 217 cm³/mol. The van der Waals surface area contributed by atoms with E-state index in [1.165, 1.54) is 5.01 Å². The lowest BCUT2D eigenvalue weighted by molar-refractivity contribution is -0.155. The van der Waals surface area contributed by atoms with Gasteiger partial charge in [-0.2, -0.15) is 0 Å². The van der Waals surface area contributed by atoms with E-state index in [9.17, 15) is 22.8 Å². The smallest absolute Gasteiger partial charge is 0.324 e. The van der Waals surface area contributed by atoms with Crippen molar-refractivity contribution in [2.45, 2.75) is 103 Å². The van der Waals surface area contributed by atoms with Crippen molar-refractivity contribution in [3.63, 3.8) is 0 Å². The molecule has 3 aliphatic rings. The van der Waals surface area contributed by atoms with Crippen molar-refractivity contribution in [3.05, 3.63) is 47.8 Å². The van der Waals surface area contributed by atoms with E-state index in [2.05, 4.69) is 64.5 Å². The topological polar surface area (TPSA) is 164 Å². The molecule has 56 heavy (non-hydrogen) atoms. The number of carbonyl (C=O) groups is 3. The Morgan fingerprint density at radius 3 is 2.62 bits per heavy atom. The number of cyclic esters (lactones) is 1. The van der Waals surface area contributed by atoms with Crippen molar-refractivity contribution in [1.29, 1.82) is 0 Å². The second-order valence-corrected chi connectivity index (χ2v) is 19.0. The van der Waals surface area contributed by atoms with E-state index in [0.717, 1.165) is 39.1 Å². The molecule has 6 bridgehead atoms. The molecule has 3 aromatic rings. The minimum atomic E-state index is -3.65. The Kier molecular flexibility index (Phi) is 12.5. The fourth-order valence-electron chi connectivity index (χ4n) is 8.50. The highest BCUT2D eigenvalue weighted by Gasteiger charge is 2.41. The highest BCUT2D eigenvalue weighted by Crippen LogP contribution is 2.42. The van der Waals surface area contributed by atoms with Gasteiger partial charge in [0.2, 0.25) is 5.91 Å². The van der Waals surface area contributed by atoms with Gasteiger partial charge in [-0.15, -0.1) is 0 Å². The van der Waals surface area contributed by atoms with E-state index < -0.39 is 56.4 Å². The number of hydrogen-bond acceptors (Lipinski definition) is 11. The first-order valence-electron chi connectivity index (χ1n) is 19.9. The molecular formula is C41H59N7O7S. The Labute approximate surface area is 330 Å². The van der Waals surface area contributed by atoms with E-state index in [0.29, 0.717) is 32.4 Å². The van der Waals surface area contributed by atoms with Gasteiger partial charge in [-0.05, 0) is 88.4 Å². The minimum Gasteiger partial charge on any atom is -0.464 e. The summed E-state index contributed by atoms with van der Waals surface area (Å²) < 4.78 is 41.8. The molecule has 2 fully saturated rings. The number of rotatable bonds is 8. The molecule has 3 N–H and O–H groups in total. The molecule has 2 aromatic heterocycles. The van der Waals surface area contributed by atoms with Crippen LogP contribution in [0.4, 0.5) is 5.69 Å². The number of carbonyl (C=O) groups excluding carboxylic acids is 3. The van der Waals surface area contributed by atoms with Gasteiger partial charge in [-0.3, -0.25) is 24.4 Å². The number of ether oxygens (including phenoxy) is 2. The average Bonchev–Trinajstić information content (AvgIpc) is 3.47. The molecule has 0 aliphatic carbocycles. The zero-order chi connectivity index (χ0) is 40.5. The SMILES string of the molecule is CCn1c(-c2cccnc2[C@H](C)OC)c2c3cc(ccc31)N1CCS(=O)(=O)C(CC(NC(=O)[C@@H](NC)C(C)C)C(=O)N3CCC[C@H](N3)C(=O)OCC(C)(C)C2)C1. The highest BCUT2D eigenvalue weighted by molar-refractivity contribution is 7.92. The normalized spacial score (nSPS) is 24.1. The maximum Gasteiger partial charge on any atom is 0.324 e. The summed E-state index contributed by atoms with van der Waals surface area (Å²) in [6.07, 6.45) is 2.93. The summed E-state index contributed by atoms with van der Waals surface area (Å²) in [4.78, 5) is 48.5. The number of anilines is 1. The number of aryl methyl sites for hydroxylation is 1.